The molecule has 8 heteroatoms. The molecule has 1 atom stereocenters. The lowest BCUT2D eigenvalue weighted by molar-refractivity contribution is -0.131. The molecular formula is C20H24N2O5S. The summed E-state index contributed by atoms with van der Waals surface area (Å²) in [5.41, 5.74) is 2.82. The van der Waals surface area contributed by atoms with Gasteiger partial charge in [-0.2, -0.15) is 0 Å². The van der Waals surface area contributed by atoms with Gasteiger partial charge in [0, 0.05) is 18.3 Å². The van der Waals surface area contributed by atoms with E-state index in [1.807, 2.05) is 13.8 Å². The van der Waals surface area contributed by atoms with Crippen LogP contribution in [0, 0.1) is 0 Å². The SMILES string of the molecule is COc1ccc(S(=O)(=O)C(CC=C(C)C)(Cc2ccccn2)C(=O)NO)cc1. The van der Waals surface area contributed by atoms with E-state index < -0.39 is 20.5 Å². The number of nitrogens with one attached hydrogen (secondary N) is 1. The summed E-state index contributed by atoms with van der Waals surface area (Å²) >= 11 is 0. The maximum Gasteiger partial charge on any atom is 0.265 e. The average molecular weight is 404 g/mol. The monoisotopic (exact) mass is 404 g/mol. The number of aromatic nitrogens is 1. The molecule has 1 aromatic carbocycles. The lowest BCUT2D eigenvalue weighted by Crippen LogP contribution is -2.53. The molecular weight excluding hydrogens is 380 g/mol. The Bertz CT molecular complexity index is 936. The summed E-state index contributed by atoms with van der Waals surface area (Å²) in [5, 5.41) is 9.38. The lowest BCUT2D eigenvalue weighted by Gasteiger charge is -2.30. The lowest BCUT2D eigenvalue weighted by atomic mass is 9.95. The number of methoxy groups -OCH3 is 1. The standard InChI is InChI=1S/C20H24N2O5S/c1-15(2)11-12-20(19(23)22-24,14-16-6-4-5-13-21-16)28(25,26)18-9-7-17(27-3)8-10-18/h4-11,13,24H,12,14H2,1-3H3,(H,22,23). The highest BCUT2D eigenvalue weighted by molar-refractivity contribution is 7.93. The number of benzene rings is 1. The summed E-state index contributed by atoms with van der Waals surface area (Å²) in [4.78, 5) is 16.9. The number of allylic oxidation sites excluding steroid dienone is 2. The van der Waals surface area contributed by atoms with Crippen LogP contribution in [0.15, 0.2) is 65.2 Å². The van der Waals surface area contributed by atoms with Crippen molar-refractivity contribution in [2.75, 3.05) is 7.11 Å². The van der Waals surface area contributed by atoms with Gasteiger partial charge in [0.2, 0.25) is 0 Å². The fourth-order valence-electron chi connectivity index (χ4n) is 2.82. The van der Waals surface area contributed by atoms with Crippen molar-refractivity contribution in [2.45, 2.75) is 36.3 Å². The van der Waals surface area contributed by atoms with Gasteiger partial charge in [0.15, 0.2) is 14.6 Å². The first-order valence-electron chi connectivity index (χ1n) is 8.63. The van der Waals surface area contributed by atoms with Crippen molar-refractivity contribution in [3.63, 3.8) is 0 Å². The number of rotatable bonds is 8. The van der Waals surface area contributed by atoms with E-state index in [1.165, 1.54) is 37.6 Å². The highest BCUT2D eigenvalue weighted by atomic mass is 32.2. The van der Waals surface area contributed by atoms with Crippen molar-refractivity contribution >= 4 is 15.7 Å². The fourth-order valence-corrected chi connectivity index (χ4v) is 4.69. The Balaban J connectivity index is 2.68. The Morgan fingerprint density at radius 1 is 1.21 bits per heavy atom. The van der Waals surface area contributed by atoms with Crippen LogP contribution in [0.2, 0.25) is 0 Å². The van der Waals surface area contributed by atoms with Crippen LogP contribution >= 0.6 is 0 Å². The Labute approximate surface area is 165 Å². The Hall–Kier alpha value is -2.71. The molecule has 150 valence electrons. The number of hydroxylamine groups is 1. The molecule has 0 aliphatic rings. The van der Waals surface area contributed by atoms with Crippen molar-refractivity contribution in [2.24, 2.45) is 0 Å². The highest BCUT2D eigenvalue weighted by Gasteiger charge is 2.51. The molecule has 7 nitrogen and oxygen atoms in total. The van der Waals surface area contributed by atoms with Crippen molar-refractivity contribution in [3.05, 3.63) is 66.0 Å². The van der Waals surface area contributed by atoms with Gasteiger partial charge >= 0.3 is 0 Å². The Morgan fingerprint density at radius 3 is 2.39 bits per heavy atom. The summed E-state index contributed by atoms with van der Waals surface area (Å²) in [5.74, 6) is -0.517. The molecule has 0 aliphatic heterocycles. The van der Waals surface area contributed by atoms with E-state index in [0.29, 0.717) is 11.4 Å². The van der Waals surface area contributed by atoms with E-state index in [9.17, 15) is 18.4 Å². The van der Waals surface area contributed by atoms with E-state index in [-0.39, 0.29) is 17.7 Å². The predicted octanol–water partition coefficient (Wildman–Crippen LogP) is 2.71. The highest BCUT2D eigenvalue weighted by Crippen LogP contribution is 2.34. The van der Waals surface area contributed by atoms with Crippen molar-refractivity contribution in [3.8, 4) is 5.75 Å². The molecule has 1 heterocycles. The van der Waals surface area contributed by atoms with Gasteiger partial charge in [-0.15, -0.1) is 0 Å². The van der Waals surface area contributed by atoms with Gasteiger partial charge in [-0.05, 0) is 56.7 Å². The largest absolute Gasteiger partial charge is 0.497 e. The first kappa shape index (κ1) is 21.6. The molecule has 0 saturated carbocycles. The van der Waals surface area contributed by atoms with Crippen LogP contribution in [-0.4, -0.2) is 36.4 Å². The average Bonchev–Trinajstić information content (AvgIpc) is 2.71. The molecule has 0 saturated heterocycles. The Morgan fingerprint density at radius 2 is 1.89 bits per heavy atom. The second kappa shape index (κ2) is 8.99. The molecule has 0 bridgehead atoms. The smallest absolute Gasteiger partial charge is 0.265 e. The first-order chi connectivity index (χ1) is 13.3. The fraction of sp³-hybridized carbons (Fsp3) is 0.300. The van der Waals surface area contributed by atoms with Gasteiger partial charge in [0.05, 0.1) is 12.0 Å². The molecule has 2 N–H and O–H groups in total. The van der Waals surface area contributed by atoms with E-state index in [2.05, 4.69) is 4.98 Å². The maximum absolute atomic E-state index is 13.6. The number of pyridine rings is 1. The third kappa shape index (κ3) is 4.40. The molecule has 28 heavy (non-hydrogen) atoms. The normalized spacial score (nSPS) is 13.3. The molecule has 0 spiro atoms. The number of amides is 1. The van der Waals surface area contributed by atoms with Crippen LogP contribution in [0.5, 0.6) is 5.75 Å². The van der Waals surface area contributed by atoms with Crippen LogP contribution in [0.3, 0.4) is 0 Å². The summed E-state index contributed by atoms with van der Waals surface area (Å²) in [6.07, 6.45) is 2.88. The minimum Gasteiger partial charge on any atom is -0.497 e. The van der Waals surface area contributed by atoms with Crippen LogP contribution in [0.4, 0.5) is 0 Å². The van der Waals surface area contributed by atoms with Crippen LogP contribution in [0.1, 0.15) is 26.0 Å². The van der Waals surface area contributed by atoms with Crippen LogP contribution in [0.25, 0.3) is 0 Å². The van der Waals surface area contributed by atoms with Crippen LogP contribution < -0.4 is 10.2 Å². The predicted molar refractivity (Wildman–Crippen MR) is 105 cm³/mol. The van der Waals surface area contributed by atoms with E-state index in [1.54, 1.807) is 29.8 Å². The number of hydrogen-bond acceptors (Lipinski definition) is 6. The van der Waals surface area contributed by atoms with Crippen molar-refractivity contribution < 1.29 is 23.2 Å². The minimum atomic E-state index is -4.21. The molecule has 0 radical (unpaired) electrons. The van der Waals surface area contributed by atoms with Gasteiger partial charge in [-0.3, -0.25) is 15.0 Å². The summed E-state index contributed by atoms with van der Waals surface area (Å²) in [6, 6.07) is 10.8. The van der Waals surface area contributed by atoms with Crippen molar-refractivity contribution in [1.82, 2.24) is 10.5 Å². The number of hydrogen-bond donors (Lipinski definition) is 2. The van der Waals surface area contributed by atoms with Gasteiger partial charge in [-0.1, -0.05) is 17.7 Å². The van der Waals surface area contributed by atoms with Gasteiger partial charge < -0.3 is 4.74 Å². The molecule has 2 rings (SSSR count). The first-order valence-corrected chi connectivity index (χ1v) is 10.1. The number of carbonyl (C=O) groups excluding carboxylic acids is 1. The summed E-state index contributed by atoms with van der Waals surface area (Å²) in [7, 11) is -2.73. The molecule has 0 aliphatic carbocycles. The number of sulfone groups is 1. The van der Waals surface area contributed by atoms with Gasteiger partial charge in [0.25, 0.3) is 5.91 Å². The number of carbonyl (C=O) groups is 1. The molecule has 1 amide bonds. The molecule has 2 aromatic rings. The second-order valence-corrected chi connectivity index (χ2v) is 8.86. The molecule has 1 unspecified atom stereocenters. The molecule has 1 aromatic heterocycles. The minimum absolute atomic E-state index is 0.0463. The van der Waals surface area contributed by atoms with Gasteiger partial charge in [-0.25, -0.2) is 13.9 Å². The van der Waals surface area contributed by atoms with E-state index >= 15 is 0 Å². The maximum atomic E-state index is 13.6. The topological polar surface area (TPSA) is 106 Å². The zero-order valence-electron chi connectivity index (χ0n) is 16.0. The third-order valence-electron chi connectivity index (χ3n) is 4.43. The number of nitrogens with zero attached hydrogens (tertiary/aromatic N) is 1. The van der Waals surface area contributed by atoms with Crippen molar-refractivity contribution in [1.29, 1.82) is 0 Å². The zero-order valence-corrected chi connectivity index (χ0v) is 16.9. The molecule has 0 fully saturated rings. The Kier molecular flexibility index (Phi) is 6.93. The summed E-state index contributed by atoms with van der Waals surface area (Å²) in [6.45, 7) is 3.62. The van der Waals surface area contributed by atoms with Gasteiger partial charge in [0.1, 0.15) is 5.75 Å². The van der Waals surface area contributed by atoms with E-state index in [0.717, 1.165) is 5.57 Å². The number of ether oxygens (including phenoxy) is 1. The van der Waals surface area contributed by atoms with E-state index in [4.69, 9.17) is 4.74 Å². The quantitative estimate of drug-likeness (QED) is 0.398. The summed E-state index contributed by atoms with van der Waals surface area (Å²) < 4.78 is 30.3. The zero-order chi connectivity index (χ0) is 20.8. The second-order valence-electron chi connectivity index (χ2n) is 6.60. The third-order valence-corrected chi connectivity index (χ3v) is 6.85. The van der Waals surface area contributed by atoms with Crippen LogP contribution in [-0.2, 0) is 21.1 Å².